The summed E-state index contributed by atoms with van der Waals surface area (Å²) in [6.07, 6.45) is -0.915. The number of ether oxygens (including phenoxy) is 4. The smallest absolute Gasteiger partial charge is 0.407 e. The first-order valence-electron chi connectivity index (χ1n) is 14.7. The number of amides is 3. The predicted octanol–water partition coefficient (Wildman–Crippen LogP) is 3.46. The van der Waals surface area contributed by atoms with Crippen LogP contribution in [0.4, 0.5) is 4.79 Å². The number of rotatable bonds is 14. The molecule has 3 amide bonds. The third-order valence-corrected chi connectivity index (χ3v) is 7.30. The Balaban J connectivity index is 1.77. The van der Waals surface area contributed by atoms with Crippen LogP contribution in [0.25, 0.3) is 0 Å². The first-order valence-corrected chi connectivity index (χ1v) is 15.7. The number of nitrogens with one attached hydrogen (secondary N) is 3. The molecule has 1 fully saturated rings. The number of hydrogen-bond donors (Lipinski definition) is 3. The van der Waals surface area contributed by atoms with Gasteiger partial charge in [-0.3, -0.25) is 14.4 Å². The normalized spacial score (nSPS) is 17.9. The van der Waals surface area contributed by atoms with Gasteiger partial charge in [0, 0.05) is 37.1 Å². The zero-order chi connectivity index (χ0) is 33.0. The van der Waals surface area contributed by atoms with Crippen molar-refractivity contribution >= 4 is 40.8 Å². The standard InChI is InChI=1S/C31H47N3O9S/c1-29(2,3)43-27(38)22(19-44-24(36)14-11-16-33-28(39)40-18-21-12-9-8-10-13-21)34-23(35)15-17-32-26(37)25-30(4,5)20-41-31(6,7)42-25/h8-10,12-13,22,25H,11,14-20H2,1-7H3,(H,32,37)(H,33,39)(H,34,35)/t22-,25-/m0/s1. The van der Waals surface area contributed by atoms with E-state index < -0.39 is 46.9 Å². The van der Waals surface area contributed by atoms with Crippen LogP contribution in [0.2, 0.25) is 0 Å². The van der Waals surface area contributed by atoms with Crippen LogP contribution in [-0.4, -0.2) is 78.0 Å². The summed E-state index contributed by atoms with van der Waals surface area (Å²) in [4.78, 5) is 62.7. The highest BCUT2D eigenvalue weighted by atomic mass is 32.2. The molecule has 0 saturated carbocycles. The van der Waals surface area contributed by atoms with E-state index in [1.807, 2.05) is 44.2 Å². The Labute approximate surface area is 264 Å². The van der Waals surface area contributed by atoms with E-state index in [-0.39, 0.29) is 49.3 Å². The van der Waals surface area contributed by atoms with Crippen LogP contribution in [0.15, 0.2) is 30.3 Å². The number of carbonyl (C=O) groups is 5. The molecule has 1 aromatic carbocycles. The minimum atomic E-state index is -1.07. The average Bonchev–Trinajstić information content (AvgIpc) is 2.93. The quantitative estimate of drug-likeness (QED) is 0.204. The van der Waals surface area contributed by atoms with E-state index in [4.69, 9.17) is 18.9 Å². The minimum absolute atomic E-state index is 0.0236. The highest BCUT2D eigenvalue weighted by Crippen LogP contribution is 2.34. The molecule has 0 unspecified atom stereocenters. The van der Waals surface area contributed by atoms with Crippen LogP contribution >= 0.6 is 11.8 Å². The van der Waals surface area contributed by atoms with Crippen molar-refractivity contribution in [3.63, 3.8) is 0 Å². The Morgan fingerprint density at radius 2 is 1.68 bits per heavy atom. The van der Waals surface area contributed by atoms with Crippen molar-refractivity contribution in [1.29, 1.82) is 0 Å². The zero-order valence-electron chi connectivity index (χ0n) is 26.8. The third kappa shape index (κ3) is 14.1. The predicted molar refractivity (Wildman–Crippen MR) is 165 cm³/mol. The fourth-order valence-electron chi connectivity index (χ4n) is 3.97. The van der Waals surface area contributed by atoms with Gasteiger partial charge < -0.3 is 34.9 Å². The van der Waals surface area contributed by atoms with E-state index in [0.29, 0.717) is 13.0 Å². The molecular formula is C31H47N3O9S. The molecule has 2 atom stereocenters. The number of benzene rings is 1. The monoisotopic (exact) mass is 637 g/mol. The molecule has 12 nitrogen and oxygen atoms in total. The van der Waals surface area contributed by atoms with Crippen LogP contribution in [0.3, 0.4) is 0 Å². The highest BCUT2D eigenvalue weighted by molar-refractivity contribution is 8.13. The van der Waals surface area contributed by atoms with Crippen molar-refractivity contribution < 1.29 is 42.9 Å². The SMILES string of the molecule is CC(C)(C)OC(=O)[C@H](CSC(=O)CCCNC(=O)OCc1ccccc1)NC(=O)CCNC(=O)[C@@H]1OC(C)(C)OCC1(C)C. The lowest BCUT2D eigenvalue weighted by Crippen LogP contribution is -2.56. The van der Waals surface area contributed by atoms with E-state index in [0.717, 1.165) is 17.3 Å². The third-order valence-electron chi connectivity index (χ3n) is 6.27. The second kappa shape index (κ2) is 16.8. The van der Waals surface area contributed by atoms with Crippen LogP contribution in [-0.2, 0) is 44.7 Å². The van der Waals surface area contributed by atoms with E-state index in [1.54, 1.807) is 34.6 Å². The maximum Gasteiger partial charge on any atom is 0.407 e. The second-order valence-electron chi connectivity index (χ2n) is 12.6. The van der Waals surface area contributed by atoms with Crippen LogP contribution in [0, 0.1) is 5.41 Å². The van der Waals surface area contributed by atoms with E-state index in [2.05, 4.69) is 16.0 Å². The summed E-state index contributed by atoms with van der Waals surface area (Å²) in [7, 11) is 0. The fourth-order valence-corrected chi connectivity index (χ4v) is 4.83. The number of thioether (sulfide) groups is 1. The Morgan fingerprint density at radius 1 is 1.00 bits per heavy atom. The topological polar surface area (TPSA) is 158 Å². The van der Waals surface area contributed by atoms with E-state index in [9.17, 15) is 24.0 Å². The summed E-state index contributed by atoms with van der Waals surface area (Å²) in [6.45, 7) is 13.1. The van der Waals surface area contributed by atoms with Gasteiger partial charge in [0.15, 0.2) is 10.9 Å². The van der Waals surface area contributed by atoms with Crippen molar-refractivity contribution in [3.05, 3.63) is 35.9 Å². The summed E-state index contributed by atoms with van der Waals surface area (Å²) in [5.41, 5.74) is -0.494. The molecule has 0 radical (unpaired) electrons. The van der Waals surface area contributed by atoms with Gasteiger partial charge >= 0.3 is 12.1 Å². The molecule has 0 aromatic heterocycles. The average molecular weight is 638 g/mol. The van der Waals surface area contributed by atoms with Crippen LogP contribution in [0.5, 0.6) is 0 Å². The second-order valence-corrected chi connectivity index (χ2v) is 13.7. The lowest BCUT2D eigenvalue weighted by molar-refractivity contribution is -0.304. The fraction of sp³-hybridized carbons (Fsp3) is 0.645. The van der Waals surface area contributed by atoms with Crippen molar-refractivity contribution in [1.82, 2.24) is 16.0 Å². The summed E-state index contributed by atoms with van der Waals surface area (Å²) < 4.78 is 22.0. The number of alkyl carbamates (subject to hydrolysis) is 1. The summed E-state index contributed by atoms with van der Waals surface area (Å²) in [5.74, 6) is -2.45. The molecule has 0 bridgehead atoms. The molecule has 1 aliphatic rings. The van der Waals surface area contributed by atoms with Crippen molar-refractivity contribution in [2.75, 3.05) is 25.4 Å². The molecule has 3 N–H and O–H groups in total. The van der Waals surface area contributed by atoms with Crippen molar-refractivity contribution in [2.24, 2.45) is 5.41 Å². The molecular weight excluding hydrogens is 590 g/mol. The van der Waals surface area contributed by atoms with Crippen molar-refractivity contribution in [3.8, 4) is 0 Å². The molecule has 0 spiro atoms. The lowest BCUT2D eigenvalue weighted by atomic mass is 9.85. The van der Waals surface area contributed by atoms with E-state index in [1.165, 1.54) is 0 Å². The summed E-state index contributed by atoms with van der Waals surface area (Å²) in [5, 5.41) is 7.75. The number of esters is 1. The van der Waals surface area contributed by atoms with Gasteiger partial charge in [0.2, 0.25) is 11.8 Å². The first-order chi connectivity index (χ1) is 20.5. The molecule has 1 aliphatic heterocycles. The first kappa shape index (κ1) is 37.0. The Morgan fingerprint density at radius 3 is 2.34 bits per heavy atom. The van der Waals surface area contributed by atoms with Crippen LogP contribution < -0.4 is 16.0 Å². The molecule has 1 saturated heterocycles. The highest BCUT2D eigenvalue weighted by Gasteiger charge is 2.45. The Bertz CT molecular complexity index is 1140. The molecule has 246 valence electrons. The van der Waals surface area contributed by atoms with Gasteiger partial charge in [-0.15, -0.1) is 0 Å². The molecule has 1 heterocycles. The van der Waals surface area contributed by atoms with Gasteiger partial charge in [-0.2, -0.15) is 0 Å². The largest absolute Gasteiger partial charge is 0.458 e. The molecule has 13 heteroatoms. The van der Waals surface area contributed by atoms with Crippen molar-refractivity contribution in [2.45, 2.75) is 97.9 Å². The zero-order valence-corrected chi connectivity index (χ0v) is 27.6. The molecule has 0 aliphatic carbocycles. The number of carbonyl (C=O) groups excluding carboxylic acids is 5. The lowest BCUT2D eigenvalue weighted by Gasteiger charge is -2.44. The Kier molecular flexibility index (Phi) is 14.1. The van der Waals surface area contributed by atoms with Gasteiger partial charge in [-0.1, -0.05) is 55.9 Å². The van der Waals surface area contributed by atoms with Gasteiger partial charge in [0.1, 0.15) is 24.4 Å². The van der Waals surface area contributed by atoms with Gasteiger partial charge in [-0.05, 0) is 46.6 Å². The van der Waals surface area contributed by atoms with E-state index >= 15 is 0 Å². The molecule has 44 heavy (non-hydrogen) atoms. The Hall–Kier alpha value is -3.16. The summed E-state index contributed by atoms with van der Waals surface area (Å²) >= 11 is 0.898. The maximum atomic E-state index is 12.8. The number of hydrogen-bond acceptors (Lipinski definition) is 10. The van der Waals surface area contributed by atoms with Gasteiger partial charge in [0.25, 0.3) is 0 Å². The van der Waals surface area contributed by atoms with Gasteiger partial charge in [-0.25, -0.2) is 9.59 Å². The molecule has 2 rings (SSSR count). The summed E-state index contributed by atoms with van der Waals surface area (Å²) in [6, 6.07) is 8.19. The maximum absolute atomic E-state index is 12.8. The minimum Gasteiger partial charge on any atom is -0.458 e. The molecule has 1 aromatic rings. The van der Waals surface area contributed by atoms with Gasteiger partial charge in [0.05, 0.1) is 6.61 Å². The van der Waals surface area contributed by atoms with Crippen LogP contribution in [0.1, 0.15) is 73.3 Å².